The van der Waals surface area contributed by atoms with Gasteiger partial charge in [0, 0.05) is 6.54 Å². The quantitative estimate of drug-likeness (QED) is 0.628. The summed E-state index contributed by atoms with van der Waals surface area (Å²) in [5, 5.41) is 0. The maximum Gasteiger partial charge on any atom is 0.0640 e. The Bertz CT molecular complexity index is 322. The highest BCUT2D eigenvalue weighted by atomic mass is 14.7. The molecule has 1 heterocycles. The molecule has 0 saturated heterocycles. The van der Waals surface area contributed by atoms with Crippen LogP contribution in [0.15, 0.2) is 40.9 Å². The van der Waals surface area contributed by atoms with E-state index in [-0.39, 0.29) is 0 Å². The van der Waals surface area contributed by atoms with Gasteiger partial charge in [-0.3, -0.25) is 4.99 Å². The lowest BCUT2D eigenvalue weighted by atomic mass is 10.0. The van der Waals surface area contributed by atoms with Crippen LogP contribution in [-0.2, 0) is 0 Å². The van der Waals surface area contributed by atoms with Crippen molar-refractivity contribution in [1.29, 1.82) is 0 Å². The molecule has 2 rings (SSSR count). The first-order chi connectivity index (χ1) is 7.75. The van der Waals surface area contributed by atoms with E-state index in [0.29, 0.717) is 5.92 Å². The van der Waals surface area contributed by atoms with Crippen molar-refractivity contribution in [2.24, 2.45) is 16.8 Å². The van der Waals surface area contributed by atoms with Crippen molar-refractivity contribution in [2.75, 3.05) is 6.54 Å². The van der Waals surface area contributed by atoms with Crippen LogP contribution in [0, 0.1) is 11.8 Å². The molecule has 0 amide bonds. The highest BCUT2D eigenvalue weighted by Crippen LogP contribution is 2.19. The zero-order chi connectivity index (χ0) is 11.4. The van der Waals surface area contributed by atoms with Crippen LogP contribution in [0.5, 0.6) is 0 Å². The van der Waals surface area contributed by atoms with E-state index >= 15 is 0 Å². The van der Waals surface area contributed by atoms with Gasteiger partial charge < -0.3 is 0 Å². The lowest BCUT2D eigenvalue weighted by Crippen LogP contribution is -2.00. The first kappa shape index (κ1) is 11.4. The lowest BCUT2D eigenvalue weighted by molar-refractivity contribution is 0.606. The van der Waals surface area contributed by atoms with Gasteiger partial charge in [0.05, 0.1) is 5.71 Å². The third kappa shape index (κ3) is 2.94. The zero-order valence-corrected chi connectivity index (χ0v) is 10.3. The number of nitrogens with zero attached hydrogens (tertiary/aromatic N) is 1. The van der Waals surface area contributed by atoms with Crippen LogP contribution in [0.25, 0.3) is 0 Å². The average Bonchev–Trinajstić information content (AvgIpc) is 2.59. The van der Waals surface area contributed by atoms with Crippen LogP contribution >= 0.6 is 0 Å². The highest BCUT2D eigenvalue weighted by molar-refractivity contribution is 6.10. The van der Waals surface area contributed by atoms with E-state index in [1.54, 1.807) is 0 Å². The van der Waals surface area contributed by atoms with Crippen molar-refractivity contribution >= 4 is 5.71 Å². The van der Waals surface area contributed by atoms with Gasteiger partial charge in [0.15, 0.2) is 0 Å². The van der Waals surface area contributed by atoms with Crippen molar-refractivity contribution in [1.82, 2.24) is 0 Å². The number of hydrogen-bond acceptors (Lipinski definition) is 1. The Morgan fingerprint density at radius 1 is 1.00 bits per heavy atom. The molecule has 0 aromatic rings. The van der Waals surface area contributed by atoms with Crippen LogP contribution in [0.1, 0.15) is 33.1 Å². The van der Waals surface area contributed by atoms with Crippen LogP contribution in [0.2, 0.25) is 0 Å². The Morgan fingerprint density at radius 3 is 2.62 bits per heavy atom. The van der Waals surface area contributed by atoms with Gasteiger partial charge in [-0.2, -0.15) is 0 Å². The fraction of sp³-hybridized carbons (Fsp3) is 0.533. The topological polar surface area (TPSA) is 12.4 Å². The molecule has 0 unspecified atom stereocenters. The van der Waals surface area contributed by atoms with Gasteiger partial charge in [-0.15, -0.1) is 0 Å². The molecule has 86 valence electrons. The van der Waals surface area contributed by atoms with E-state index in [1.807, 2.05) is 0 Å². The summed E-state index contributed by atoms with van der Waals surface area (Å²) in [4.78, 5) is 4.70. The molecule has 2 aliphatic rings. The largest absolute Gasteiger partial charge is 0.284 e. The summed E-state index contributed by atoms with van der Waals surface area (Å²) in [5.41, 5.74) is 2.49. The number of hydrogen-bond donors (Lipinski definition) is 0. The van der Waals surface area contributed by atoms with E-state index < -0.39 is 0 Å². The lowest BCUT2D eigenvalue weighted by Gasteiger charge is -2.03. The molecule has 1 aliphatic carbocycles. The molecule has 1 heteroatoms. The van der Waals surface area contributed by atoms with Gasteiger partial charge in [-0.1, -0.05) is 38.2 Å². The molecule has 0 aromatic heterocycles. The van der Waals surface area contributed by atoms with Gasteiger partial charge in [0.25, 0.3) is 0 Å². The minimum atomic E-state index is 0.683. The SMILES string of the molecule is C[C@H]1CC=CC(C2=NC[C@@H](C)CC=C2)=CC1. The molecule has 1 nitrogen and oxygen atoms in total. The zero-order valence-electron chi connectivity index (χ0n) is 10.3. The van der Waals surface area contributed by atoms with Gasteiger partial charge in [-0.25, -0.2) is 0 Å². The predicted octanol–water partition coefficient (Wildman–Crippen LogP) is 3.94. The van der Waals surface area contributed by atoms with E-state index in [2.05, 4.69) is 44.2 Å². The smallest absolute Gasteiger partial charge is 0.0640 e. The first-order valence-electron chi connectivity index (χ1n) is 6.33. The molecule has 0 saturated carbocycles. The number of allylic oxidation sites excluding steroid dienone is 6. The van der Waals surface area contributed by atoms with Crippen molar-refractivity contribution in [3.8, 4) is 0 Å². The van der Waals surface area contributed by atoms with E-state index in [0.717, 1.165) is 18.9 Å². The highest BCUT2D eigenvalue weighted by Gasteiger charge is 2.09. The molecule has 0 bridgehead atoms. The van der Waals surface area contributed by atoms with Gasteiger partial charge in [0.1, 0.15) is 0 Å². The summed E-state index contributed by atoms with van der Waals surface area (Å²) in [7, 11) is 0. The monoisotopic (exact) mass is 215 g/mol. The van der Waals surface area contributed by atoms with Crippen LogP contribution in [0.3, 0.4) is 0 Å². The number of aliphatic imine (C=N–C) groups is 1. The average molecular weight is 215 g/mol. The summed E-state index contributed by atoms with van der Waals surface area (Å²) >= 11 is 0. The fourth-order valence-corrected chi connectivity index (χ4v) is 2.09. The minimum Gasteiger partial charge on any atom is -0.284 e. The second-order valence-electron chi connectivity index (χ2n) is 5.11. The normalized spacial score (nSPS) is 30.4. The van der Waals surface area contributed by atoms with E-state index in [9.17, 15) is 0 Å². The van der Waals surface area contributed by atoms with Crippen molar-refractivity contribution < 1.29 is 0 Å². The van der Waals surface area contributed by atoms with E-state index in [1.165, 1.54) is 24.1 Å². The molecule has 0 aromatic carbocycles. The van der Waals surface area contributed by atoms with Gasteiger partial charge >= 0.3 is 0 Å². The third-order valence-corrected chi connectivity index (χ3v) is 3.26. The van der Waals surface area contributed by atoms with Crippen molar-refractivity contribution in [3.05, 3.63) is 36.0 Å². The van der Waals surface area contributed by atoms with Gasteiger partial charge in [-0.05, 0) is 42.7 Å². The molecule has 0 N–H and O–H groups in total. The maximum absolute atomic E-state index is 4.70. The van der Waals surface area contributed by atoms with Crippen LogP contribution < -0.4 is 0 Å². The Balaban J connectivity index is 2.17. The maximum atomic E-state index is 4.70. The molecular formula is C15H21N. The van der Waals surface area contributed by atoms with Crippen molar-refractivity contribution in [2.45, 2.75) is 33.1 Å². The molecule has 2 atom stereocenters. The molecule has 0 radical (unpaired) electrons. The number of rotatable bonds is 1. The summed E-state index contributed by atoms with van der Waals surface area (Å²) in [6.45, 7) is 5.52. The van der Waals surface area contributed by atoms with Gasteiger partial charge in [0.2, 0.25) is 0 Å². The summed E-state index contributed by atoms with van der Waals surface area (Å²) in [6.07, 6.45) is 14.8. The fourth-order valence-electron chi connectivity index (χ4n) is 2.09. The molecule has 1 aliphatic heterocycles. The van der Waals surface area contributed by atoms with Crippen LogP contribution in [0.4, 0.5) is 0 Å². The summed E-state index contributed by atoms with van der Waals surface area (Å²) < 4.78 is 0. The Kier molecular flexibility index (Phi) is 3.76. The minimum absolute atomic E-state index is 0.683. The first-order valence-corrected chi connectivity index (χ1v) is 6.33. The predicted molar refractivity (Wildman–Crippen MR) is 70.8 cm³/mol. The molecule has 0 fully saturated rings. The Morgan fingerprint density at radius 2 is 1.75 bits per heavy atom. The second kappa shape index (κ2) is 5.29. The Hall–Kier alpha value is -1.11. The molecular weight excluding hydrogens is 194 g/mol. The van der Waals surface area contributed by atoms with Crippen molar-refractivity contribution in [3.63, 3.8) is 0 Å². The summed E-state index contributed by atoms with van der Waals surface area (Å²) in [5.74, 6) is 1.45. The Labute approximate surface area is 98.7 Å². The van der Waals surface area contributed by atoms with Crippen LogP contribution in [-0.4, -0.2) is 12.3 Å². The standard InChI is InChI=1S/C15H21N/c1-12-5-3-7-14(10-9-12)15-8-4-6-13(2)11-16-15/h3-4,7-8,10,12-13H,5-6,9,11H2,1-2H3/t12-,13-/m0/s1. The molecule has 0 spiro atoms. The third-order valence-electron chi connectivity index (χ3n) is 3.26. The molecule has 16 heavy (non-hydrogen) atoms. The second-order valence-corrected chi connectivity index (χ2v) is 5.11. The van der Waals surface area contributed by atoms with E-state index in [4.69, 9.17) is 4.99 Å². The summed E-state index contributed by atoms with van der Waals surface area (Å²) in [6, 6.07) is 0.